The molecular weight excluding hydrogens is 395 g/mol. The summed E-state index contributed by atoms with van der Waals surface area (Å²) in [4.78, 5) is 26.6. The van der Waals surface area contributed by atoms with E-state index < -0.39 is 0 Å². The Bertz CT molecular complexity index is 960. The first-order valence-electron chi connectivity index (χ1n) is 8.62. The van der Waals surface area contributed by atoms with Crippen molar-refractivity contribution < 1.29 is 9.59 Å². The highest BCUT2D eigenvalue weighted by Gasteiger charge is 2.19. The van der Waals surface area contributed by atoms with E-state index in [-0.39, 0.29) is 23.7 Å². The first kappa shape index (κ1) is 19.9. The maximum atomic E-state index is 12.9. The predicted molar refractivity (Wildman–Crippen MR) is 114 cm³/mol. The SMILES string of the molecule is O=C(Nc1ccc(N(CCl)C(=O)c2ccccc2CCl)cc1)c1ccccc1. The maximum Gasteiger partial charge on any atom is 0.259 e. The van der Waals surface area contributed by atoms with E-state index in [0.29, 0.717) is 22.5 Å². The average Bonchev–Trinajstić information content (AvgIpc) is 2.75. The third-order valence-electron chi connectivity index (χ3n) is 4.23. The molecule has 0 fully saturated rings. The largest absolute Gasteiger partial charge is 0.322 e. The van der Waals surface area contributed by atoms with Gasteiger partial charge in [-0.3, -0.25) is 14.5 Å². The van der Waals surface area contributed by atoms with Gasteiger partial charge >= 0.3 is 0 Å². The molecule has 2 amide bonds. The summed E-state index contributed by atoms with van der Waals surface area (Å²) < 4.78 is 0. The van der Waals surface area contributed by atoms with E-state index in [4.69, 9.17) is 23.2 Å². The van der Waals surface area contributed by atoms with Crippen LogP contribution < -0.4 is 10.2 Å². The molecule has 3 aromatic rings. The number of carbonyl (C=O) groups is 2. The van der Waals surface area contributed by atoms with Crippen LogP contribution >= 0.6 is 23.2 Å². The predicted octanol–water partition coefficient (Wildman–Crippen LogP) is 5.52. The summed E-state index contributed by atoms with van der Waals surface area (Å²) in [6.07, 6.45) is 0. The lowest BCUT2D eigenvalue weighted by atomic mass is 10.1. The lowest BCUT2D eigenvalue weighted by Crippen LogP contribution is -2.30. The van der Waals surface area contributed by atoms with E-state index in [1.807, 2.05) is 18.2 Å². The lowest BCUT2D eigenvalue weighted by Gasteiger charge is -2.21. The molecule has 0 atom stereocenters. The van der Waals surface area contributed by atoms with Crippen LogP contribution in [0.5, 0.6) is 0 Å². The Morgan fingerprint density at radius 1 is 0.821 bits per heavy atom. The second-order valence-corrected chi connectivity index (χ2v) is 6.52. The average molecular weight is 413 g/mol. The minimum absolute atomic E-state index is 0.00876. The molecule has 0 aromatic heterocycles. The molecule has 0 unspecified atom stereocenters. The number of alkyl halides is 2. The Labute approximate surface area is 173 Å². The molecule has 0 saturated heterocycles. The number of anilines is 2. The van der Waals surface area contributed by atoms with Crippen LogP contribution in [0.25, 0.3) is 0 Å². The molecule has 6 heteroatoms. The number of carbonyl (C=O) groups excluding carboxylic acids is 2. The summed E-state index contributed by atoms with van der Waals surface area (Å²) >= 11 is 12.0. The van der Waals surface area contributed by atoms with Crippen molar-refractivity contribution in [1.82, 2.24) is 0 Å². The summed E-state index contributed by atoms with van der Waals surface area (Å²) in [6.45, 7) is 0. The highest BCUT2D eigenvalue weighted by Crippen LogP contribution is 2.23. The number of halogens is 2. The molecule has 0 spiro atoms. The van der Waals surface area contributed by atoms with E-state index in [1.54, 1.807) is 60.7 Å². The van der Waals surface area contributed by atoms with Crippen molar-refractivity contribution >= 4 is 46.4 Å². The molecule has 4 nitrogen and oxygen atoms in total. The van der Waals surface area contributed by atoms with Crippen LogP contribution in [0.15, 0.2) is 78.9 Å². The summed E-state index contributed by atoms with van der Waals surface area (Å²) in [6, 6.07) is 23.1. The van der Waals surface area contributed by atoms with Crippen LogP contribution in [0.4, 0.5) is 11.4 Å². The van der Waals surface area contributed by atoms with Gasteiger partial charge in [0.25, 0.3) is 11.8 Å². The quantitative estimate of drug-likeness (QED) is 0.427. The van der Waals surface area contributed by atoms with Gasteiger partial charge in [0.1, 0.15) is 6.00 Å². The van der Waals surface area contributed by atoms with Crippen LogP contribution in [0.2, 0.25) is 0 Å². The van der Waals surface area contributed by atoms with Gasteiger partial charge < -0.3 is 5.32 Å². The Hall–Kier alpha value is -2.82. The third kappa shape index (κ3) is 4.53. The zero-order chi connectivity index (χ0) is 19.9. The standard InChI is InChI=1S/C22H18Cl2N2O2/c23-14-17-8-4-5-9-20(17)22(28)26(15-24)19-12-10-18(11-13-19)25-21(27)16-6-2-1-3-7-16/h1-13H,14-15H2,(H,25,27). The smallest absolute Gasteiger partial charge is 0.259 e. The highest BCUT2D eigenvalue weighted by atomic mass is 35.5. The molecule has 3 aromatic carbocycles. The molecule has 28 heavy (non-hydrogen) atoms. The van der Waals surface area contributed by atoms with Gasteiger partial charge in [-0.15, -0.1) is 23.2 Å². The lowest BCUT2D eigenvalue weighted by molar-refractivity contribution is 0.0988. The molecule has 0 saturated carbocycles. The zero-order valence-corrected chi connectivity index (χ0v) is 16.5. The van der Waals surface area contributed by atoms with Crippen molar-refractivity contribution in [2.24, 2.45) is 0 Å². The fraction of sp³-hybridized carbons (Fsp3) is 0.0909. The highest BCUT2D eigenvalue weighted by molar-refractivity contribution is 6.23. The first-order chi connectivity index (χ1) is 13.6. The van der Waals surface area contributed by atoms with Gasteiger partial charge in [0.15, 0.2) is 0 Å². The van der Waals surface area contributed by atoms with Crippen molar-refractivity contribution in [3.8, 4) is 0 Å². The van der Waals surface area contributed by atoms with Gasteiger partial charge in [0.05, 0.1) is 0 Å². The number of hydrogen-bond acceptors (Lipinski definition) is 2. The fourth-order valence-corrected chi connectivity index (χ4v) is 3.23. The molecule has 1 N–H and O–H groups in total. The van der Waals surface area contributed by atoms with Crippen molar-refractivity contribution in [2.75, 3.05) is 16.2 Å². The summed E-state index contributed by atoms with van der Waals surface area (Å²) in [7, 11) is 0. The Balaban J connectivity index is 1.77. The Morgan fingerprint density at radius 3 is 2.11 bits per heavy atom. The normalized spacial score (nSPS) is 10.4. The molecular formula is C22H18Cl2N2O2. The second kappa shape index (κ2) is 9.40. The zero-order valence-electron chi connectivity index (χ0n) is 14.9. The van der Waals surface area contributed by atoms with Crippen LogP contribution in [0, 0.1) is 0 Å². The molecule has 0 bridgehead atoms. The van der Waals surface area contributed by atoms with Gasteiger partial charge in [-0.25, -0.2) is 0 Å². The van der Waals surface area contributed by atoms with E-state index in [0.717, 1.165) is 5.56 Å². The van der Waals surface area contributed by atoms with Crippen molar-refractivity contribution in [3.63, 3.8) is 0 Å². The topological polar surface area (TPSA) is 49.4 Å². The number of nitrogens with zero attached hydrogens (tertiary/aromatic N) is 1. The fourth-order valence-electron chi connectivity index (χ4n) is 2.75. The van der Waals surface area contributed by atoms with E-state index in [2.05, 4.69) is 5.32 Å². The van der Waals surface area contributed by atoms with Crippen molar-refractivity contribution in [3.05, 3.63) is 95.6 Å². The third-order valence-corrected chi connectivity index (χ3v) is 4.76. The molecule has 0 aliphatic rings. The Morgan fingerprint density at radius 2 is 1.46 bits per heavy atom. The number of rotatable bonds is 6. The van der Waals surface area contributed by atoms with E-state index in [1.165, 1.54) is 4.90 Å². The van der Waals surface area contributed by atoms with Crippen LogP contribution in [0.1, 0.15) is 26.3 Å². The minimum Gasteiger partial charge on any atom is -0.322 e. The van der Waals surface area contributed by atoms with Crippen molar-refractivity contribution in [1.29, 1.82) is 0 Å². The molecule has 0 aliphatic carbocycles. The first-order valence-corrected chi connectivity index (χ1v) is 9.69. The van der Waals surface area contributed by atoms with Gasteiger partial charge in [0, 0.05) is 28.4 Å². The van der Waals surface area contributed by atoms with Crippen LogP contribution in [0.3, 0.4) is 0 Å². The monoisotopic (exact) mass is 412 g/mol. The second-order valence-electron chi connectivity index (χ2n) is 6.01. The van der Waals surface area contributed by atoms with Gasteiger partial charge in [-0.1, -0.05) is 36.4 Å². The number of hydrogen-bond donors (Lipinski definition) is 1. The van der Waals surface area contributed by atoms with Gasteiger partial charge in [-0.2, -0.15) is 0 Å². The summed E-state index contributed by atoms with van der Waals surface area (Å²) in [5.41, 5.74) is 3.08. The number of nitrogens with one attached hydrogen (secondary N) is 1. The summed E-state index contributed by atoms with van der Waals surface area (Å²) in [5.74, 6) is -0.190. The molecule has 142 valence electrons. The number of benzene rings is 3. The van der Waals surface area contributed by atoms with Gasteiger partial charge in [-0.05, 0) is 48.0 Å². The molecule has 0 radical (unpaired) electrons. The minimum atomic E-state index is -0.229. The van der Waals surface area contributed by atoms with E-state index in [9.17, 15) is 9.59 Å². The molecule has 0 heterocycles. The molecule has 3 rings (SSSR count). The maximum absolute atomic E-state index is 12.9. The van der Waals surface area contributed by atoms with Crippen LogP contribution in [-0.2, 0) is 5.88 Å². The summed E-state index contributed by atoms with van der Waals surface area (Å²) in [5, 5.41) is 2.83. The molecule has 0 aliphatic heterocycles. The van der Waals surface area contributed by atoms with E-state index >= 15 is 0 Å². The van der Waals surface area contributed by atoms with Gasteiger partial charge in [0.2, 0.25) is 0 Å². The van der Waals surface area contributed by atoms with Crippen LogP contribution in [-0.4, -0.2) is 17.8 Å². The van der Waals surface area contributed by atoms with Crippen molar-refractivity contribution in [2.45, 2.75) is 5.88 Å². The number of amides is 2. The Kier molecular flexibility index (Phi) is 6.69.